The van der Waals surface area contributed by atoms with E-state index in [4.69, 9.17) is 14.7 Å². The molecule has 1 fully saturated rings. The Morgan fingerprint density at radius 3 is 1.12 bits per heavy atom. The van der Waals surface area contributed by atoms with Crippen LogP contribution in [-0.2, 0) is 25.8 Å². The number of rotatable bonds is 0. The van der Waals surface area contributed by atoms with E-state index in [2.05, 4.69) is 9.35 Å². The molecule has 1 heterocycles. The fourth-order valence-corrected chi connectivity index (χ4v) is 0.402. The molecule has 5 nitrogen and oxygen atoms in total. The maximum absolute atomic E-state index is 7.89. The average molecular weight is 181 g/mol. The van der Waals surface area contributed by atoms with Gasteiger partial charge in [0.1, 0.15) is 0 Å². The van der Waals surface area contributed by atoms with Crippen molar-refractivity contribution < 1.29 is 40.5 Å². The van der Waals surface area contributed by atoms with Crippen LogP contribution >= 0.6 is 7.74 Å². The van der Waals surface area contributed by atoms with Gasteiger partial charge in [0.2, 0.25) is 0 Å². The molecule has 1 aliphatic rings. The predicted molar refractivity (Wildman–Crippen MR) is 22.9 cm³/mol. The van der Waals surface area contributed by atoms with Gasteiger partial charge in [-0.25, -0.2) is 0 Å². The van der Waals surface area contributed by atoms with Crippen molar-refractivity contribution >= 4 is 26.6 Å². The number of hydrogen-bond acceptors (Lipinski definition) is 5. The van der Waals surface area contributed by atoms with Crippen LogP contribution in [0.3, 0.4) is 0 Å². The first-order chi connectivity index (χ1) is 2.47. The maximum Gasteiger partial charge on any atom is 0 e. The molecule has 0 aromatic carbocycles. The summed E-state index contributed by atoms with van der Waals surface area (Å²) >= 11 is 0. The van der Waals surface area contributed by atoms with Gasteiger partial charge in [-0.05, 0) is 0 Å². The zero-order valence-electron chi connectivity index (χ0n) is 2.92. The molecule has 0 aromatic rings. The molecule has 50 valence electrons. The monoisotopic (exact) mass is 180 g/mol. The summed E-state index contributed by atoms with van der Waals surface area (Å²) < 4.78 is 6.76. The Balaban J connectivity index is 0. The SMILES string of the molecule is OP1(O)(O)OO1.[LiH].[Ni]. The topological polar surface area (TPSA) is 85.8 Å². The summed E-state index contributed by atoms with van der Waals surface area (Å²) in [5.74, 6) is 0. The van der Waals surface area contributed by atoms with E-state index in [-0.39, 0.29) is 35.4 Å². The van der Waals surface area contributed by atoms with Gasteiger partial charge in [-0.1, -0.05) is 0 Å². The van der Waals surface area contributed by atoms with E-state index in [1.54, 1.807) is 0 Å². The van der Waals surface area contributed by atoms with Gasteiger partial charge < -0.3 is 0 Å². The molecule has 3 N–H and O–H groups in total. The van der Waals surface area contributed by atoms with E-state index in [1.165, 1.54) is 0 Å². The maximum atomic E-state index is 7.89. The van der Waals surface area contributed by atoms with Crippen molar-refractivity contribution in [3.05, 3.63) is 0 Å². The third-order valence-corrected chi connectivity index (χ3v) is 0.824. The molecule has 8 heavy (non-hydrogen) atoms. The first-order valence-corrected chi connectivity index (χ1v) is 3.06. The molecule has 1 saturated heterocycles. The van der Waals surface area contributed by atoms with Crippen molar-refractivity contribution in [2.75, 3.05) is 0 Å². The normalized spacial score (nSPS) is 32.1. The first-order valence-electron chi connectivity index (χ1n) is 1.13. The third kappa shape index (κ3) is 4.22. The Morgan fingerprint density at radius 2 is 1.12 bits per heavy atom. The summed E-state index contributed by atoms with van der Waals surface area (Å²) in [6.45, 7) is 0. The Hall–Kier alpha value is 1.32. The van der Waals surface area contributed by atoms with Crippen LogP contribution in [-0.4, -0.2) is 33.5 Å². The molecule has 0 amide bonds. The summed E-state index contributed by atoms with van der Waals surface area (Å²) in [7, 11) is -4.80. The van der Waals surface area contributed by atoms with Gasteiger partial charge in [0.05, 0.1) is 0 Å². The summed E-state index contributed by atoms with van der Waals surface area (Å²) in [5.41, 5.74) is 0. The fourth-order valence-electron chi connectivity index (χ4n) is 0.0447. The second-order valence-electron chi connectivity index (χ2n) is 0.982. The van der Waals surface area contributed by atoms with Gasteiger partial charge in [-0.2, -0.15) is 0 Å². The van der Waals surface area contributed by atoms with Gasteiger partial charge >= 0.3 is 50.6 Å². The Kier molecular flexibility index (Phi) is 3.78. The molecule has 0 unspecified atom stereocenters. The van der Waals surface area contributed by atoms with Crippen LogP contribution in [0.4, 0.5) is 0 Å². The molecule has 0 saturated carbocycles. The Bertz CT molecular complexity index is 76.2. The molecule has 1 aliphatic heterocycles. The third-order valence-electron chi connectivity index (χ3n) is 0.275. The van der Waals surface area contributed by atoms with Crippen LogP contribution in [0.5, 0.6) is 0 Å². The molecule has 0 aromatic heterocycles. The fraction of sp³-hybridized carbons (Fsp3) is 0. The largest absolute Gasteiger partial charge is 0 e. The quantitative estimate of drug-likeness (QED) is 0.181. The Morgan fingerprint density at radius 1 is 1.00 bits per heavy atom. The van der Waals surface area contributed by atoms with Crippen LogP contribution in [0.1, 0.15) is 0 Å². The smallest absolute Gasteiger partial charge is 0 e. The minimum absolute atomic E-state index is 0. The van der Waals surface area contributed by atoms with E-state index in [9.17, 15) is 0 Å². The van der Waals surface area contributed by atoms with Crippen molar-refractivity contribution in [2.24, 2.45) is 0 Å². The van der Waals surface area contributed by atoms with Gasteiger partial charge in [-0.3, -0.25) is 0 Å². The van der Waals surface area contributed by atoms with E-state index < -0.39 is 7.74 Å². The van der Waals surface area contributed by atoms with Crippen LogP contribution in [0.25, 0.3) is 0 Å². The Labute approximate surface area is 67.4 Å². The van der Waals surface area contributed by atoms with Gasteiger partial charge in [0.15, 0.2) is 0 Å². The van der Waals surface area contributed by atoms with Crippen molar-refractivity contribution in [1.29, 1.82) is 0 Å². The summed E-state index contributed by atoms with van der Waals surface area (Å²) in [6.07, 6.45) is 0. The van der Waals surface area contributed by atoms with Gasteiger partial charge in [0.25, 0.3) is 0 Å². The van der Waals surface area contributed by atoms with Crippen LogP contribution in [0.2, 0.25) is 0 Å². The molecular formula is H4LiNiO5P. The van der Waals surface area contributed by atoms with Crippen molar-refractivity contribution in [2.45, 2.75) is 0 Å². The zero-order valence-corrected chi connectivity index (χ0v) is 4.80. The molecule has 0 spiro atoms. The summed E-state index contributed by atoms with van der Waals surface area (Å²) in [5, 5.41) is 0. The molecule has 8 heteroatoms. The predicted octanol–water partition coefficient (Wildman–Crippen LogP) is -1.60. The van der Waals surface area contributed by atoms with Crippen LogP contribution in [0, 0.1) is 0 Å². The van der Waals surface area contributed by atoms with Gasteiger partial charge in [0, 0.05) is 16.5 Å². The second kappa shape index (κ2) is 2.51. The van der Waals surface area contributed by atoms with Gasteiger partial charge in [-0.15, -0.1) is 0 Å². The standard InChI is InChI=1S/Li.Ni.H3O5P.H/c;;1-6(2,3)4-5-6;/h;;1-3H;. The van der Waals surface area contributed by atoms with Crippen molar-refractivity contribution in [1.82, 2.24) is 0 Å². The van der Waals surface area contributed by atoms with E-state index in [0.717, 1.165) is 0 Å². The van der Waals surface area contributed by atoms with Crippen LogP contribution < -0.4 is 0 Å². The molecule has 0 radical (unpaired) electrons. The molecule has 0 aliphatic carbocycles. The average Bonchev–Trinajstić information content (AvgIpc) is 1.73. The van der Waals surface area contributed by atoms with E-state index >= 15 is 0 Å². The van der Waals surface area contributed by atoms with Crippen molar-refractivity contribution in [3.63, 3.8) is 0 Å². The minimum Gasteiger partial charge on any atom is 0 e. The summed E-state index contributed by atoms with van der Waals surface area (Å²) in [6, 6.07) is 0. The van der Waals surface area contributed by atoms with E-state index in [1.807, 2.05) is 0 Å². The van der Waals surface area contributed by atoms with Crippen LogP contribution in [0.15, 0.2) is 0 Å². The molecule has 0 bridgehead atoms. The summed E-state index contributed by atoms with van der Waals surface area (Å²) in [4.78, 5) is 23.7. The zero-order chi connectivity index (χ0) is 4.86. The second-order valence-corrected chi connectivity index (χ2v) is 2.95. The number of hydrogen-bond donors (Lipinski definition) is 3. The minimum atomic E-state index is -4.80. The van der Waals surface area contributed by atoms with E-state index in [0.29, 0.717) is 0 Å². The van der Waals surface area contributed by atoms with Crippen molar-refractivity contribution in [3.8, 4) is 0 Å². The first kappa shape index (κ1) is 12.0. The molecule has 1 rings (SSSR count). The molecule has 0 atom stereocenters. The molecular weight excluding hydrogens is 177 g/mol.